The molecular weight excluding hydrogens is 195 g/mol. The van der Waals surface area contributed by atoms with Crippen molar-refractivity contribution in [3.8, 4) is 0 Å². The third-order valence-electron chi connectivity index (χ3n) is 2.90. The minimum absolute atomic E-state index is 0.402. The van der Waals surface area contributed by atoms with E-state index in [2.05, 4.69) is 0 Å². The Kier molecular flexibility index (Phi) is 3.83. The summed E-state index contributed by atoms with van der Waals surface area (Å²) in [4.78, 5) is 0. The molecule has 0 aliphatic heterocycles. The highest BCUT2D eigenvalue weighted by Crippen LogP contribution is 2.31. The largest absolute Gasteiger partial charge is 0.387 e. The summed E-state index contributed by atoms with van der Waals surface area (Å²) < 4.78 is 12.9. The fourth-order valence-corrected chi connectivity index (χ4v) is 1.62. The number of rotatable bonds is 4. The second kappa shape index (κ2) is 4.73. The van der Waals surface area contributed by atoms with Crippen LogP contribution >= 0.6 is 0 Å². The lowest BCUT2D eigenvalue weighted by atomic mass is 9.86. The van der Waals surface area contributed by atoms with E-state index in [4.69, 9.17) is 0 Å². The standard InChI is InChI=1S/C12H17FO2/c1-3-12(15,4-2)11(14)9-6-5-7-10(13)8-9/h5-8,11,14-15H,3-4H2,1-2H3. The molecule has 2 nitrogen and oxygen atoms in total. The Bertz CT molecular complexity index is 321. The van der Waals surface area contributed by atoms with Crippen molar-refractivity contribution in [3.05, 3.63) is 35.6 Å². The summed E-state index contributed by atoms with van der Waals surface area (Å²) in [6.45, 7) is 3.60. The molecule has 0 spiro atoms. The Balaban J connectivity index is 2.97. The second-order valence-corrected chi connectivity index (χ2v) is 3.77. The van der Waals surface area contributed by atoms with Crippen molar-refractivity contribution < 1.29 is 14.6 Å². The van der Waals surface area contributed by atoms with Gasteiger partial charge < -0.3 is 10.2 Å². The molecule has 0 amide bonds. The third-order valence-corrected chi connectivity index (χ3v) is 2.90. The number of halogens is 1. The van der Waals surface area contributed by atoms with Gasteiger partial charge in [0.2, 0.25) is 0 Å². The first-order valence-corrected chi connectivity index (χ1v) is 5.19. The van der Waals surface area contributed by atoms with Gasteiger partial charge in [-0.1, -0.05) is 26.0 Å². The van der Waals surface area contributed by atoms with Gasteiger partial charge in [0.05, 0.1) is 5.60 Å². The van der Waals surface area contributed by atoms with Crippen molar-refractivity contribution in [3.63, 3.8) is 0 Å². The van der Waals surface area contributed by atoms with Gasteiger partial charge in [0.25, 0.3) is 0 Å². The average molecular weight is 212 g/mol. The highest BCUT2D eigenvalue weighted by molar-refractivity contribution is 5.21. The molecule has 0 aliphatic rings. The molecular formula is C12H17FO2. The topological polar surface area (TPSA) is 40.5 Å². The Morgan fingerprint density at radius 2 is 1.93 bits per heavy atom. The first kappa shape index (κ1) is 12.1. The summed E-state index contributed by atoms with van der Waals surface area (Å²) in [5.41, 5.74) is -0.755. The van der Waals surface area contributed by atoms with Gasteiger partial charge >= 0.3 is 0 Å². The van der Waals surface area contributed by atoms with Gasteiger partial charge in [-0.3, -0.25) is 0 Å². The molecule has 84 valence electrons. The van der Waals surface area contributed by atoms with Gasteiger partial charge in [-0.25, -0.2) is 4.39 Å². The molecule has 0 aliphatic carbocycles. The number of benzene rings is 1. The maximum absolute atomic E-state index is 12.9. The maximum atomic E-state index is 12.9. The van der Waals surface area contributed by atoms with Crippen LogP contribution in [0.1, 0.15) is 38.4 Å². The van der Waals surface area contributed by atoms with Crippen LogP contribution < -0.4 is 0 Å². The summed E-state index contributed by atoms with van der Waals surface area (Å²) in [7, 11) is 0. The van der Waals surface area contributed by atoms with Crippen LogP contribution in [0.4, 0.5) is 4.39 Å². The Morgan fingerprint density at radius 3 is 2.40 bits per heavy atom. The van der Waals surface area contributed by atoms with E-state index in [0.717, 1.165) is 0 Å². The van der Waals surface area contributed by atoms with E-state index in [1.54, 1.807) is 19.9 Å². The van der Waals surface area contributed by atoms with Gasteiger partial charge in [-0.05, 0) is 30.5 Å². The van der Waals surface area contributed by atoms with E-state index in [-0.39, 0.29) is 0 Å². The van der Waals surface area contributed by atoms with Crippen LogP contribution in [-0.2, 0) is 0 Å². The molecule has 0 saturated carbocycles. The minimum Gasteiger partial charge on any atom is -0.387 e. The van der Waals surface area contributed by atoms with E-state index >= 15 is 0 Å². The first-order valence-electron chi connectivity index (χ1n) is 5.19. The summed E-state index contributed by atoms with van der Waals surface area (Å²) in [6, 6.07) is 5.71. The predicted molar refractivity (Wildman–Crippen MR) is 56.9 cm³/mol. The van der Waals surface area contributed by atoms with Crippen molar-refractivity contribution in [1.29, 1.82) is 0 Å². The first-order chi connectivity index (χ1) is 7.03. The molecule has 15 heavy (non-hydrogen) atoms. The summed E-state index contributed by atoms with van der Waals surface area (Å²) in [6.07, 6.45) is -0.175. The van der Waals surface area contributed by atoms with Crippen LogP contribution in [0.2, 0.25) is 0 Å². The molecule has 0 aromatic heterocycles. The van der Waals surface area contributed by atoms with Crippen molar-refractivity contribution in [2.45, 2.75) is 38.4 Å². The normalized spacial score (nSPS) is 13.9. The van der Waals surface area contributed by atoms with Crippen molar-refractivity contribution in [1.82, 2.24) is 0 Å². The van der Waals surface area contributed by atoms with Crippen LogP contribution in [0.15, 0.2) is 24.3 Å². The molecule has 2 N–H and O–H groups in total. The SMILES string of the molecule is CCC(O)(CC)C(O)c1cccc(F)c1. The molecule has 1 atom stereocenters. The van der Waals surface area contributed by atoms with Crippen LogP contribution in [0.25, 0.3) is 0 Å². The fraction of sp³-hybridized carbons (Fsp3) is 0.500. The molecule has 0 saturated heterocycles. The second-order valence-electron chi connectivity index (χ2n) is 3.77. The highest BCUT2D eigenvalue weighted by Gasteiger charge is 2.32. The number of hydrogen-bond donors (Lipinski definition) is 2. The van der Waals surface area contributed by atoms with Gasteiger partial charge in [0.1, 0.15) is 11.9 Å². The van der Waals surface area contributed by atoms with Crippen molar-refractivity contribution in [2.24, 2.45) is 0 Å². The molecule has 1 unspecified atom stereocenters. The smallest absolute Gasteiger partial charge is 0.123 e. The summed E-state index contributed by atoms with van der Waals surface area (Å²) >= 11 is 0. The van der Waals surface area contributed by atoms with Gasteiger partial charge in [0, 0.05) is 0 Å². The number of aliphatic hydroxyl groups is 2. The lowest BCUT2D eigenvalue weighted by molar-refractivity contribution is -0.0821. The van der Waals surface area contributed by atoms with Gasteiger partial charge in [-0.15, -0.1) is 0 Å². The third kappa shape index (κ3) is 2.55. The van der Waals surface area contributed by atoms with Crippen LogP contribution in [0.5, 0.6) is 0 Å². The van der Waals surface area contributed by atoms with Crippen molar-refractivity contribution in [2.75, 3.05) is 0 Å². The average Bonchev–Trinajstić information content (AvgIpc) is 2.27. The van der Waals surface area contributed by atoms with E-state index in [0.29, 0.717) is 18.4 Å². The summed E-state index contributed by atoms with van der Waals surface area (Å²) in [5, 5.41) is 20.0. The van der Waals surface area contributed by atoms with E-state index < -0.39 is 17.5 Å². The number of aliphatic hydroxyl groups excluding tert-OH is 1. The quantitative estimate of drug-likeness (QED) is 0.804. The van der Waals surface area contributed by atoms with Crippen molar-refractivity contribution >= 4 is 0 Å². The van der Waals surface area contributed by atoms with E-state index in [9.17, 15) is 14.6 Å². The highest BCUT2D eigenvalue weighted by atomic mass is 19.1. The monoisotopic (exact) mass is 212 g/mol. The molecule has 0 radical (unpaired) electrons. The zero-order valence-corrected chi connectivity index (χ0v) is 9.07. The zero-order valence-electron chi connectivity index (χ0n) is 9.07. The number of hydrogen-bond acceptors (Lipinski definition) is 2. The molecule has 0 bridgehead atoms. The Morgan fingerprint density at radius 1 is 1.33 bits per heavy atom. The molecule has 0 heterocycles. The predicted octanol–water partition coefficient (Wildman–Crippen LogP) is 2.41. The molecule has 3 heteroatoms. The van der Waals surface area contributed by atoms with Crippen LogP contribution in [-0.4, -0.2) is 15.8 Å². The molecule has 1 aromatic carbocycles. The lowest BCUT2D eigenvalue weighted by Crippen LogP contribution is -2.34. The van der Waals surface area contributed by atoms with Gasteiger partial charge in [0.15, 0.2) is 0 Å². The van der Waals surface area contributed by atoms with Crippen LogP contribution in [0, 0.1) is 5.82 Å². The van der Waals surface area contributed by atoms with Crippen LogP contribution in [0.3, 0.4) is 0 Å². The Hall–Kier alpha value is -0.930. The fourth-order valence-electron chi connectivity index (χ4n) is 1.62. The lowest BCUT2D eigenvalue weighted by Gasteiger charge is -2.31. The van der Waals surface area contributed by atoms with Gasteiger partial charge in [-0.2, -0.15) is 0 Å². The van der Waals surface area contributed by atoms with E-state index in [1.165, 1.54) is 18.2 Å². The zero-order chi connectivity index (χ0) is 11.5. The summed E-state index contributed by atoms with van der Waals surface area (Å²) in [5.74, 6) is -0.402. The maximum Gasteiger partial charge on any atom is 0.123 e. The van der Waals surface area contributed by atoms with E-state index in [1.807, 2.05) is 0 Å². The molecule has 1 rings (SSSR count). The molecule has 0 fully saturated rings. The minimum atomic E-state index is -1.17. The molecule has 1 aromatic rings. The Labute approximate surface area is 89.4 Å².